The van der Waals surface area contributed by atoms with Gasteiger partial charge in [0.2, 0.25) is 11.9 Å². The van der Waals surface area contributed by atoms with Gasteiger partial charge in [-0.1, -0.05) is 9.24 Å². The number of rotatable bonds is 4. The van der Waals surface area contributed by atoms with E-state index in [1.165, 1.54) is 12.3 Å². The number of pyridine rings is 1. The van der Waals surface area contributed by atoms with E-state index >= 15 is 0 Å². The van der Waals surface area contributed by atoms with E-state index in [0.717, 1.165) is 0 Å². The summed E-state index contributed by atoms with van der Waals surface area (Å²) in [4.78, 5) is 22.5. The summed E-state index contributed by atoms with van der Waals surface area (Å²) in [5.41, 5.74) is 6.66. The van der Waals surface area contributed by atoms with Crippen molar-refractivity contribution in [2.24, 2.45) is 0 Å². The maximum atomic E-state index is 14.3. The fraction of sp³-hybridized carbons (Fsp3) is 0.579. The summed E-state index contributed by atoms with van der Waals surface area (Å²) in [5.74, 6) is 0.397. The Balaban J connectivity index is 1.84. The third kappa shape index (κ3) is 4.31. The van der Waals surface area contributed by atoms with Gasteiger partial charge in [-0.15, -0.1) is 0 Å². The van der Waals surface area contributed by atoms with Gasteiger partial charge in [-0.2, -0.15) is 15.0 Å². The lowest BCUT2D eigenvalue weighted by Crippen LogP contribution is -2.46. The van der Waals surface area contributed by atoms with Crippen LogP contribution < -0.4 is 15.5 Å². The molecule has 2 aromatic heterocycles. The van der Waals surface area contributed by atoms with Gasteiger partial charge in [-0.25, -0.2) is 9.37 Å². The quantitative estimate of drug-likeness (QED) is 0.720. The SMILES string of the molecule is C[C@@H]1COCCN1c1nc(-c2cnc(N)cc2C(F)P)nc(N2CCOC[C@H]2C)n1. The number of aromatic nitrogens is 4. The number of morpholine rings is 2. The number of nitrogens with two attached hydrogens (primary N) is 1. The van der Waals surface area contributed by atoms with Crippen LogP contribution in [0.1, 0.15) is 25.3 Å². The van der Waals surface area contributed by atoms with Gasteiger partial charge in [0.15, 0.2) is 5.82 Å². The molecule has 0 spiro atoms. The van der Waals surface area contributed by atoms with Crippen LogP contribution in [-0.2, 0) is 9.47 Å². The molecule has 0 aromatic carbocycles. The van der Waals surface area contributed by atoms with Crippen molar-refractivity contribution in [1.29, 1.82) is 0 Å². The molecule has 11 heteroatoms. The molecule has 0 amide bonds. The van der Waals surface area contributed by atoms with E-state index in [1.54, 1.807) is 0 Å². The lowest BCUT2D eigenvalue weighted by molar-refractivity contribution is 0.0969. The third-order valence-corrected chi connectivity index (χ3v) is 5.72. The van der Waals surface area contributed by atoms with Crippen molar-refractivity contribution < 1.29 is 13.9 Å². The number of alkyl halides is 1. The van der Waals surface area contributed by atoms with Crippen LogP contribution in [0.4, 0.5) is 22.1 Å². The Bertz CT molecular complexity index is 863. The summed E-state index contributed by atoms with van der Waals surface area (Å²) in [7, 11) is 2.15. The second kappa shape index (κ2) is 8.91. The predicted molar refractivity (Wildman–Crippen MR) is 116 cm³/mol. The van der Waals surface area contributed by atoms with Gasteiger partial charge in [0.25, 0.3) is 0 Å². The van der Waals surface area contributed by atoms with Crippen LogP contribution >= 0.6 is 9.24 Å². The molecule has 2 N–H and O–H groups in total. The average molecular weight is 435 g/mol. The molecule has 0 bridgehead atoms. The maximum Gasteiger partial charge on any atom is 0.231 e. The summed E-state index contributed by atoms with van der Waals surface area (Å²) >= 11 is 0. The molecule has 4 heterocycles. The maximum absolute atomic E-state index is 14.3. The molecule has 0 aliphatic carbocycles. The molecule has 4 rings (SSSR count). The van der Waals surface area contributed by atoms with Crippen LogP contribution in [-0.4, -0.2) is 71.5 Å². The minimum absolute atomic E-state index is 0.114. The molecule has 2 fully saturated rings. The molecule has 4 atom stereocenters. The van der Waals surface area contributed by atoms with E-state index in [-0.39, 0.29) is 17.9 Å². The molecule has 9 nitrogen and oxygen atoms in total. The van der Waals surface area contributed by atoms with Crippen molar-refractivity contribution in [3.63, 3.8) is 0 Å². The highest BCUT2D eigenvalue weighted by Gasteiger charge is 2.28. The van der Waals surface area contributed by atoms with Gasteiger partial charge in [-0.05, 0) is 19.9 Å². The minimum Gasteiger partial charge on any atom is -0.384 e. The molecule has 30 heavy (non-hydrogen) atoms. The molecule has 162 valence electrons. The standard InChI is InChI=1S/C19H27FN7O2P/c1-11-9-28-5-3-26(11)18-23-17(14-8-22-15(21)7-13(14)16(20)30)24-19(25-18)27-4-6-29-10-12(27)2/h7-8,11-12,16H,3-6,9-10,30H2,1-2H3,(H2,21,22)/t11-,12-,16?/m1/s1. The Kier molecular flexibility index (Phi) is 6.26. The monoisotopic (exact) mass is 435 g/mol. The lowest BCUT2D eigenvalue weighted by atomic mass is 10.1. The van der Waals surface area contributed by atoms with Gasteiger partial charge < -0.3 is 25.0 Å². The van der Waals surface area contributed by atoms with Gasteiger partial charge in [0, 0.05) is 30.4 Å². The summed E-state index contributed by atoms with van der Waals surface area (Å²) in [5, 5.41) is 0. The Morgan fingerprint density at radius 2 is 1.63 bits per heavy atom. The van der Waals surface area contributed by atoms with E-state index in [1.807, 2.05) is 0 Å². The van der Waals surface area contributed by atoms with Gasteiger partial charge in [0.1, 0.15) is 11.7 Å². The Morgan fingerprint density at radius 3 is 2.13 bits per heavy atom. The smallest absolute Gasteiger partial charge is 0.231 e. The molecule has 0 saturated carbocycles. The average Bonchev–Trinajstić information content (AvgIpc) is 2.74. The van der Waals surface area contributed by atoms with Crippen LogP contribution in [0.15, 0.2) is 12.3 Å². The van der Waals surface area contributed by atoms with E-state index in [2.05, 4.69) is 37.9 Å². The Morgan fingerprint density at radius 1 is 1.07 bits per heavy atom. The molecule has 2 aromatic rings. The zero-order chi connectivity index (χ0) is 21.3. The first-order chi connectivity index (χ1) is 14.4. The van der Waals surface area contributed by atoms with Crippen LogP contribution in [0.2, 0.25) is 0 Å². The van der Waals surface area contributed by atoms with E-state index in [9.17, 15) is 4.39 Å². The van der Waals surface area contributed by atoms with Gasteiger partial charge >= 0.3 is 0 Å². The van der Waals surface area contributed by atoms with Gasteiger partial charge in [-0.3, -0.25) is 0 Å². The van der Waals surface area contributed by atoms with Crippen molar-refractivity contribution in [3.05, 3.63) is 17.8 Å². The summed E-state index contributed by atoms with van der Waals surface area (Å²) < 4.78 is 25.5. The number of anilines is 3. The molecule has 0 radical (unpaired) electrons. The van der Waals surface area contributed by atoms with Crippen molar-refractivity contribution >= 4 is 27.0 Å². The molecule has 2 unspecified atom stereocenters. The highest BCUT2D eigenvalue weighted by atomic mass is 31.0. The van der Waals surface area contributed by atoms with E-state index < -0.39 is 5.91 Å². The number of nitrogen functional groups attached to an aromatic ring is 1. The number of hydrogen-bond donors (Lipinski definition) is 1. The first-order valence-electron chi connectivity index (χ1n) is 10.0. The summed E-state index contributed by atoms with van der Waals surface area (Å²) in [6.07, 6.45) is 1.52. The van der Waals surface area contributed by atoms with E-state index in [0.29, 0.717) is 68.4 Å². The highest BCUT2D eigenvalue weighted by molar-refractivity contribution is 7.16. The minimum atomic E-state index is -1.32. The van der Waals surface area contributed by atoms with Crippen LogP contribution in [0, 0.1) is 0 Å². The lowest BCUT2D eigenvalue weighted by Gasteiger charge is -2.36. The van der Waals surface area contributed by atoms with Crippen molar-refractivity contribution in [2.45, 2.75) is 31.8 Å². The zero-order valence-corrected chi connectivity index (χ0v) is 18.3. The van der Waals surface area contributed by atoms with E-state index in [4.69, 9.17) is 30.2 Å². The first kappa shape index (κ1) is 21.1. The molecular formula is C19H27FN7O2P. The Hall–Kier alpha value is -2.16. The predicted octanol–water partition coefficient (Wildman–Crippen LogP) is 1.81. The van der Waals surface area contributed by atoms with Crippen molar-refractivity contribution in [2.75, 3.05) is 55.1 Å². The number of nitrogens with zero attached hydrogens (tertiary/aromatic N) is 6. The number of halogens is 1. The second-order valence-corrected chi connectivity index (χ2v) is 8.18. The second-order valence-electron chi connectivity index (χ2n) is 7.59. The van der Waals surface area contributed by atoms with Crippen molar-refractivity contribution in [1.82, 2.24) is 19.9 Å². The third-order valence-electron chi connectivity index (χ3n) is 5.36. The van der Waals surface area contributed by atoms with Crippen LogP contribution in [0.25, 0.3) is 11.4 Å². The first-order valence-corrected chi connectivity index (χ1v) is 10.7. The van der Waals surface area contributed by atoms with Gasteiger partial charge in [0.05, 0.1) is 38.5 Å². The molecule has 2 aliphatic heterocycles. The molecule has 2 aliphatic rings. The number of hydrogen-bond acceptors (Lipinski definition) is 9. The summed E-state index contributed by atoms with van der Waals surface area (Å²) in [6, 6.07) is 1.75. The van der Waals surface area contributed by atoms with Crippen LogP contribution in [0.3, 0.4) is 0 Å². The Labute approximate surface area is 177 Å². The fourth-order valence-corrected chi connectivity index (χ4v) is 3.96. The van der Waals surface area contributed by atoms with Crippen molar-refractivity contribution in [3.8, 4) is 11.4 Å². The topological polar surface area (TPSA) is 103 Å². The molecular weight excluding hydrogens is 408 g/mol. The highest BCUT2D eigenvalue weighted by Crippen LogP contribution is 2.34. The normalized spacial score (nSPS) is 23.5. The summed E-state index contributed by atoms with van der Waals surface area (Å²) in [6.45, 7) is 7.86. The fourth-order valence-electron chi connectivity index (χ4n) is 3.68. The van der Waals surface area contributed by atoms with Crippen LogP contribution in [0.5, 0.6) is 0 Å². The number of ether oxygens (including phenoxy) is 2. The molecule has 2 saturated heterocycles. The zero-order valence-electron chi connectivity index (χ0n) is 17.2. The largest absolute Gasteiger partial charge is 0.384 e.